The largest absolute Gasteiger partial charge is 0.530 e. The van der Waals surface area contributed by atoms with Gasteiger partial charge in [-0.05, 0) is 36.8 Å². The van der Waals surface area contributed by atoms with Crippen molar-refractivity contribution < 1.29 is 45.8 Å². The zero-order chi connectivity index (χ0) is 24.8. The summed E-state index contributed by atoms with van der Waals surface area (Å²) in [5.41, 5.74) is -0.550. The van der Waals surface area contributed by atoms with Gasteiger partial charge in [0.2, 0.25) is 5.91 Å². The van der Waals surface area contributed by atoms with Crippen LogP contribution in [0.2, 0.25) is 0 Å². The van der Waals surface area contributed by atoms with Crippen molar-refractivity contribution in [3.63, 3.8) is 0 Å². The van der Waals surface area contributed by atoms with Crippen LogP contribution in [0.25, 0.3) is 0 Å². The third-order valence-corrected chi connectivity index (χ3v) is 4.30. The molecule has 33 heavy (non-hydrogen) atoms. The van der Waals surface area contributed by atoms with Crippen LogP contribution in [0.1, 0.15) is 42.2 Å². The normalized spacial score (nSPS) is 13.7. The summed E-state index contributed by atoms with van der Waals surface area (Å²) in [6.07, 6.45) is -10.2. The van der Waals surface area contributed by atoms with E-state index in [9.17, 15) is 41.0 Å². The molecule has 1 heterocycles. The number of halogens is 6. The molecule has 180 valence electrons. The smallest absolute Gasteiger partial charge is 0.422 e. The first-order valence-electron chi connectivity index (χ1n) is 9.34. The van der Waals surface area contributed by atoms with Gasteiger partial charge in [-0.1, -0.05) is 12.1 Å². The Labute approximate surface area is 183 Å². The summed E-state index contributed by atoms with van der Waals surface area (Å²) in [6.45, 7) is 0.0346. The van der Waals surface area contributed by atoms with E-state index in [2.05, 4.69) is 15.0 Å². The molecule has 2 N–H and O–H groups in total. The van der Waals surface area contributed by atoms with E-state index < -0.39 is 55.0 Å². The summed E-state index contributed by atoms with van der Waals surface area (Å²) in [5, 5.41) is 15.5. The van der Waals surface area contributed by atoms with Gasteiger partial charge in [-0.3, -0.25) is 9.78 Å². The van der Waals surface area contributed by atoms with Crippen molar-refractivity contribution in [2.24, 2.45) is 0 Å². The molecule has 0 aliphatic rings. The van der Waals surface area contributed by atoms with Crippen molar-refractivity contribution in [3.05, 3.63) is 59.4 Å². The Balaban J connectivity index is 2.02. The van der Waals surface area contributed by atoms with E-state index in [-0.39, 0.29) is 17.0 Å². The highest BCUT2D eigenvalue weighted by molar-refractivity contribution is 5.78. The Morgan fingerprint density at radius 2 is 1.67 bits per heavy atom. The lowest BCUT2D eigenvalue weighted by molar-refractivity contribution is -0.251. The number of ether oxygens (including phenoxy) is 1. The minimum atomic E-state index is -4.58. The molecule has 2 amide bonds. The Hall–Kier alpha value is -3.51. The average molecular weight is 478 g/mol. The topological polar surface area (TPSA) is 103 Å². The molecule has 0 aliphatic heterocycles. The van der Waals surface area contributed by atoms with Crippen LogP contribution in [-0.2, 0) is 11.0 Å². The molecular formula is C20H18F6N3O4-. The fraction of sp³-hybridized carbons (Fsp3) is 0.350. The van der Waals surface area contributed by atoms with Crippen LogP contribution in [0.3, 0.4) is 0 Å². The molecule has 1 aromatic heterocycles. The van der Waals surface area contributed by atoms with Crippen molar-refractivity contribution in [1.82, 2.24) is 15.6 Å². The maximum atomic E-state index is 12.7. The third-order valence-electron chi connectivity index (χ3n) is 4.30. The second kappa shape index (κ2) is 10.4. The molecule has 7 nitrogen and oxygen atoms in total. The zero-order valence-corrected chi connectivity index (χ0v) is 17.0. The average Bonchev–Trinajstić information content (AvgIpc) is 2.70. The van der Waals surface area contributed by atoms with Gasteiger partial charge < -0.3 is 25.3 Å². The van der Waals surface area contributed by atoms with Crippen LogP contribution >= 0.6 is 0 Å². The molecule has 0 saturated carbocycles. The summed E-state index contributed by atoms with van der Waals surface area (Å²) < 4.78 is 79.2. The first-order chi connectivity index (χ1) is 15.2. The SMILES string of the molecule is C[C@@H](NC(=O)C[C@@H](NC(=O)[O-])c1ccc(C(F)(F)F)cc1)c1ccc(OCC(F)(F)F)cn1. The number of nitrogens with one attached hydrogen (secondary N) is 2. The summed E-state index contributed by atoms with van der Waals surface area (Å²) in [7, 11) is 0. The van der Waals surface area contributed by atoms with E-state index in [4.69, 9.17) is 0 Å². The maximum absolute atomic E-state index is 12.7. The van der Waals surface area contributed by atoms with Crippen molar-refractivity contribution in [2.75, 3.05) is 6.61 Å². The molecular weight excluding hydrogens is 460 g/mol. The van der Waals surface area contributed by atoms with E-state index >= 15 is 0 Å². The number of alkyl halides is 6. The molecule has 1 aromatic carbocycles. The number of carboxylic acid groups (broad SMARTS) is 1. The Bertz CT molecular complexity index is 946. The van der Waals surface area contributed by atoms with E-state index in [1.54, 1.807) is 0 Å². The number of nitrogens with zero attached hydrogens (tertiary/aromatic N) is 1. The fourth-order valence-corrected chi connectivity index (χ4v) is 2.76. The van der Waals surface area contributed by atoms with Gasteiger partial charge in [0, 0.05) is 0 Å². The molecule has 0 fully saturated rings. The van der Waals surface area contributed by atoms with Gasteiger partial charge in [0.15, 0.2) is 6.61 Å². The minimum Gasteiger partial charge on any atom is -0.530 e. The maximum Gasteiger partial charge on any atom is 0.422 e. The third kappa shape index (κ3) is 8.50. The molecule has 0 spiro atoms. The van der Waals surface area contributed by atoms with E-state index in [1.165, 1.54) is 19.1 Å². The molecule has 2 atom stereocenters. The lowest BCUT2D eigenvalue weighted by atomic mass is 10.0. The van der Waals surface area contributed by atoms with Crippen LogP contribution in [-0.4, -0.2) is 29.8 Å². The van der Waals surface area contributed by atoms with Gasteiger partial charge in [-0.2, -0.15) is 26.3 Å². The number of rotatable bonds is 8. The van der Waals surface area contributed by atoms with Crippen molar-refractivity contribution in [3.8, 4) is 5.75 Å². The summed E-state index contributed by atoms with van der Waals surface area (Å²) in [6, 6.07) is 4.27. The standard InChI is InChI=1S/C20H19F6N3O4/c1-11(15-7-6-14(9-27-15)33-10-19(21,22)23)28-17(30)8-16(29-18(31)32)12-2-4-13(5-3-12)20(24,25)26/h2-7,9,11,16,29H,8,10H2,1H3,(H,28,30)(H,31,32)/p-1/t11-,16-/m1/s1. The van der Waals surface area contributed by atoms with Gasteiger partial charge >= 0.3 is 12.4 Å². The van der Waals surface area contributed by atoms with Crippen LogP contribution in [0.4, 0.5) is 31.1 Å². The van der Waals surface area contributed by atoms with E-state index in [0.29, 0.717) is 0 Å². The lowest BCUT2D eigenvalue weighted by Gasteiger charge is -2.22. The second-order valence-corrected chi connectivity index (χ2v) is 6.92. The summed E-state index contributed by atoms with van der Waals surface area (Å²) in [5.74, 6) is -0.796. The Morgan fingerprint density at radius 3 is 2.15 bits per heavy atom. The number of pyridine rings is 1. The van der Waals surface area contributed by atoms with Crippen molar-refractivity contribution in [2.45, 2.75) is 37.8 Å². The van der Waals surface area contributed by atoms with E-state index in [0.717, 1.165) is 30.5 Å². The predicted molar refractivity (Wildman–Crippen MR) is 99.7 cm³/mol. The number of benzene rings is 1. The molecule has 2 aromatic rings. The summed E-state index contributed by atoms with van der Waals surface area (Å²) in [4.78, 5) is 27.2. The van der Waals surface area contributed by atoms with Crippen LogP contribution in [0.15, 0.2) is 42.6 Å². The lowest BCUT2D eigenvalue weighted by Crippen LogP contribution is -2.41. The van der Waals surface area contributed by atoms with Crippen LogP contribution in [0.5, 0.6) is 5.75 Å². The number of hydrogen-bond acceptors (Lipinski definition) is 5. The molecule has 0 bridgehead atoms. The highest BCUT2D eigenvalue weighted by Crippen LogP contribution is 2.30. The fourth-order valence-electron chi connectivity index (χ4n) is 2.76. The van der Waals surface area contributed by atoms with Crippen molar-refractivity contribution >= 4 is 12.0 Å². The van der Waals surface area contributed by atoms with Gasteiger partial charge in [0.05, 0.1) is 36.0 Å². The summed E-state index contributed by atoms with van der Waals surface area (Å²) >= 11 is 0. The van der Waals surface area contributed by atoms with Gasteiger partial charge in [-0.15, -0.1) is 0 Å². The monoisotopic (exact) mass is 478 g/mol. The predicted octanol–water partition coefficient (Wildman–Crippen LogP) is 3.28. The number of amides is 2. The second-order valence-electron chi connectivity index (χ2n) is 6.92. The Kier molecular flexibility index (Phi) is 8.12. The van der Waals surface area contributed by atoms with Crippen molar-refractivity contribution in [1.29, 1.82) is 0 Å². The molecule has 13 heteroatoms. The zero-order valence-electron chi connectivity index (χ0n) is 17.0. The highest BCUT2D eigenvalue weighted by Gasteiger charge is 2.30. The highest BCUT2D eigenvalue weighted by atomic mass is 19.4. The molecule has 0 radical (unpaired) electrons. The number of carbonyl (C=O) groups excluding carboxylic acids is 2. The molecule has 0 aliphatic carbocycles. The van der Waals surface area contributed by atoms with E-state index in [1.807, 2.05) is 5.32 Å². The van der Waals surface area contributed by atoms with Gasteiger partial charge in [0.25, 0.3) is 0 Å². The Morgan fingerprint density at radius 1 is 1.03 bits per heavy atom. The van der Waals surface area contributed by atoms with Gasteiger partial charge in [0.1, 0.15) is 11.8 Å². The first-order valence-corrected chi connectivity index (χ1v) is 9.34. The van der Waals surface area contributed by atoms with Crippen LogP contribution < -0.4 is 20.5 Å². The number of carbonyl (C=O) groups is 2. The first kappa shape index (κ1) is 25.7. The number of hydrogen-bond donors (Lipinski definition) is 2. The van der Waals surface area contributed by atoms with Crippen LogP contribution in [0, 0.1) is 0 Å². The molecule has 2 rings (SSSR count). The molecule has 0 unspecified atom stereocenters. The minimum absolute atomic E-state index is 0.110. The quantitative estimate of drug-likeness (QED) is 0.567. The molecule has 0 saturated heterocycles. The van der Waals surface area contributed by atoms with Gasteiger partial charge in [-0.25, -0.2) is 0 Å². The number of aromatic nitrogens is 1.